The Balaban J connectivity index is 3.81. The second kappa shape index (κ2) is 8.79. The fourth-order valence-corrected chi connectivity index (χ4v) is 1.13. The van der Waals surface area contributed by atoms with Gasteiger partial charge in [0.25, 0.3) is 0 Å². The molecule has 2 nitrogen and oxygen atoms in total. The normalized spacial score (nSPS) is 11.5. The molecule has 0 spiro atoms. The Kier molecular flexibility index (Phi) is 8.30. The van der Waals surface area contributed by atoms with Gasteiger partial charge in [-0.1, -0.05) is 32.8 Å². The summed E-state index contributed by atoms with van der Waals surface area (Å²) < 4.78 is 5.13. The summed E-state index contributed by atoms with van der Waals surface area (Å²) in [7, 11) is 0. The minimum atomic E-state index is -0.130. The second-order valence-electron chi connectivity index (χ2n) is 3.41. The Morgan fingerprint density at radius 2 is 1.86 bits per heavy atom. The molecule has 0 heterocycles. The Bertz CT molecular complexity index is 183. The monoisotopic (exact) mass is 198 g/mol. The number of rotatable bonds is 7. The van der Waals surface area contributed by atoms with Gasteiger partial charge in [-0.3, -0.25) is 0 Å². The van der Waals surface area contributed by atoms with Gasteiger partial charge in [-0.25, -0.2) is 4.79 Å². The van der Waals surface area contributed by atoms with Gasteiger partial charge in [-0.15, -0.1) is 0 Å². The fourth-order valence-electron chi connectivity index (χ4n) is 1.13. The van der Waals surface area contributed by atoms with Crippen LogP contribution in [-0.2, 0) is 9.53 Å². The van der Waals surface area contributed by atoms with Crippen LogP contribution in [0.3, 0.4) is 0 Å². The lowest BCUT2D eigenvalue weighted by Gasteiger charge is -2.06. The van der Waals surface area contributed by atoms with Crippen LogP contribution in [0.15, 0.2) is 11.6 Å². The first-order chi connectivity index (χ1) is 6.76. The third-order valence-corrected chi connectivity index (χ3v) is 2.14. The molecule has 2 heteroatoms. The summed E-state index contributed by atoms with van der Waals surface area (Å²) in [5.74, 6) is -0.130. The molecule has 0 rings (SSSR count). The van der Waals surface area contributed by atoms with Crippen LogP contribution < -0.4 is 0 Å². The average Bonchev–Trinajstić information content (AvgIpc) is 2.19. The summed E-state index contributed by atoms with van der Waals surface area (Å²) in [6.45, 7) is 6.65. The predicted molar refractivity (Wildman–Crippen MR) is 59.1 cm³/mol. The largest absolute Gasteiger partial charge is 0.462 e. The molecule has 82 valence electrons. The minimum absolute atomic E-state index is 0.130. The van der Waals surface area contributed by atoms with Gasteiger partial charge in [0.2, 0.25) is 0 Å². The van der Waals surface area contributed by atoms with E-state index in [1.165, 1.54) is 0 Å². The molecular weight excluding hydrogens is 176 g/mol. The van der Waals surface area contributed by atoms with Crippen LogP contribution in [0.25, 0.3) is 0 Å². The molecular formula is C12H22O2. The van der Waals surface area contributed by atoms with Gasteiger partial charge in [0.05, 0.1) is 6.61 Å². The van der Waals surface area contributed by atoms with Crippen LogP contribution in [0.4, 0.5) is 0 Å². The molecule has 0 aromatic rings. The van der Waals surface area contributed by atoms with Crippen molar-refractivity contribution in [1.29, 1.82) is 0 Å². The average molecular weight is 198 g/mol. The molecule has 0 amide bonds. The van der Waals surface area contributed by atoms with Crippen LogP contribution in [0, 0.1) is 0 Å². The lowest BCUT2D eigenvalue weighted by Crippen LogP contribution is -2.08. The highest BCUT2D eigenvalue weighted by atomic mass is 16.5. The van der Waals surface area contributed by atoms with Crippen molar-refractivity contribution < 1.29 is 9.53 Å². The van der Waals surface area contributed by atoms with Gasteiger partial charge in [-0.05, 0) is 26.2 Å². The quantitative estimate of drug-likeness (QED) is 0.356. The van der Waals surface area contributed by atoms with E-state index in [0.29, 0.717) is 6.61 Å². The second-order valence-corrected chi connectivity index (χ2v) is 3.41. The van der Waals surface area contributed by atoms with Gasteiger partial charge in [0, 0.05) is 5.57 Å². The van der Waals surface area contributed by atoms with Gasteiger partial charge < -0.3 is 4.74 Å². The van der Waals surface area contributed by atoms with E-state index in [1.54, 1.807) is 0 Å². The Morgan fingerprint density at radius 3 is 2.36 bits per heavy atom. The topological polar surface area (TPSA) is 26.3 Å². The van der Waals surface area contributed by atoms with E-state index in [0.717, 1.165) is 37.7 Å². The molecule has 0 fully saturated rings. The van der Waals surface area contributed by atoms with Crippen LogP contribution in [0.2, 0.25) is 0 Å². The highest BCUT2D eigenvalue weighted by Gasteiger charge is 2.08. The van der Waals surface area contributed by atoms with Crippen LogP contribution >= 0.6 is 0 Å². The number of carbonyl (C=O) groups excluding carboxylic acids is 1. The van der Waals surface area contributed by atoms with E-state index < -0.39 is 0 Å². The molecule has 0 aromatic carbocycles. The molecule has 0 aliphatic heterocycles. The molecule has 0 saturated heterocycles. The number of allylic oxidation sites excluding steroid dienone is 1. The van der Waals surface area contributed by atoms with E-state index >= 15 is 0 Å². The summed E-state index contributed by atoms with van der Waals surface area (Å²) in [6.07, 6.45) is 6.90. The lowest BCUT2D eigenvalue weighted by molar-refractivity contribution is -0.139. The number of esters is 1. The Labute approximate surface area is 87.3 Å². The van der Waals surface area contributed by atoms with Crippen molar-refractivity contribution in [3.63, 3.8) is 0 Å². The number of carbonyl (C=O) groups is 1. The summed E-state index contributed by atoms with van der Waals surface area (Å²) in [5.41, 5.74) is 0.822. The van der Waals surface area contributed by atoms with Crippen molar-refractivity contribution in [3.05, 3.63) is 11.6 Å². The van der Waals surface area contributed by atoms with E-state index in [4.69, 9.17) is 4.74 Å². The molecule has 14 heavy (non-hydrogen) atoms. The summed E-state index contributed by atoms with van der Waals surface area (Å²) >= 11 is 0. The highest BCUT2D eigenvalue weighted by molar-refractivity contribution is 5.88. The van der Waals surface area contributed by atoms with Crippen LogP contribution in [0.5, 0.6) is 0 Å². The lowest BCUT2D eigenvalue weighted by atomic mass is 10.1. The van der Waals surface area contributed by atoms with Crippen molar-refractivity contribution in [2.24, 2.45) is 0 Å². The molecule has 0 aliphatic rings. The summed E-state index contributed by atoms with van der Waals surface area (Å²) in [5, 5.41) is 0. The third kappa shape index (κ3) is 5.79. The van der Waals surface area contributed by atoms with Gasteiger partial charge in [0.15, 0.2) is 0 Å². The van der Waals surface area contributed by atoms with Crippen molar-refractivity contribution in [3.8, 4) is 0 Å². The van der Waals surface area contributed by atoms with Gasteiger partial charge in [0.1, 0.15) is 0 Å². The van der Waals surface area contributed by atoms with Crippen molar-refractivity contribution in [2.45, 2.75) is 52.9 Å². The van der Waals surface area contributed by atoms with Gasteiger partial charge in [-0.2, -0.15) is 0 Å². The van der Waals surface area contributed by atoms with Crippen molar-refractivity contribution in [2.75, 3.05) is 6.61 Å². The molecule has 0 atom stereocenters. The Morgan fingerprint density at radius 1 is 1.21 bits per heavy atom. The zero-order valence-electron chi connectivity index (χ0n) is 9.64. The molecule has 0 bridgehead atoms. The predicted octanol–water partition coefficient (Wildman–Crippen LogP) is 3.47. The van der Waals surface area contributed by atoms with E-state index in [1.807, 2.05) is 13.0 Å². The SMILES string of the molecule is CC=C(CCCC)C(=O)OCCCC. The maximum absolute atomic E-state index is 11.5. The van der Waals surface area contributed by atoms with Crippen molar-refractivity contribution >= 4 is 5.97 Å². The summed E-state index contributed by atoms with van der Waals surface area (Å²) in [6, 6.07) is 0. The van der Waals surface area contributed by atoms with Gasteiger partial charge >= 0.3 is 5.97 Å². The number of hydrogen-bond acceptors (Lipinski definition) is 2. The van der Waals surface area contributed by atoms with E-state index in [2.05, 4.69) is 13.8 Å². The van der Waals surface area contributed by atoms with E-state index in [9.17, 15) is 4.79 Å². The standard InChI is InChI=1S/C12H22O2/c1-4-7-9-11(6-3)12(13)14-10-8-5-2/h6H,4-5,7-10H2,1-3H3. The number of ether oxygens (including phenoxy) is 1. The first-order valence-electron chi connectivity index (χ1n) is 5.58. The first-order valence-corrected chi connectivity index (χ1v) is 5.58. The first kappa shape index (κ1) is 13.2. The zero-order chi connectivity index (χ0) is 10.8. The van der Waals surface area contributed by atoms with Crippen LogP contribution in [-0.4, -0.2) is 12.6 Å². The number of hydrogen-bond donors (Lipinski definition) is 0. The maximum Gasteiger partial charge on any atom is 0.333 e. The highest BCUT2D eigenvalue weighted by Crippen LogP contribution is 2.09. The zero-order valence-corrected chi connectivity index (χ0v) is 9.64. The molecule has 0 aromatic heterocycles. The Hall–Kier alpha value is -0.790. The smallest absolute Gasteiger partial charge is 0.333 e. The molecule has 0 aliphatic carbocycles. The van der Waals surface area contributed by atoms with Crippen LogP contribution in [0.1, 0.15) is 52.9 Å². The maximum atomic E-state index is 11.5. The minimum Gasteiger partial charge on any atom is -0.462 e. The number of unbranched alkanes of at least 4 members (excludes halogenated alkanes) is 2. The fraction of sp³-hybridized carbons (Fsp3) is 0.750. The third-order valence-electron chi connectivity index (χ3n) is 2.14. The summed E-state index contributed by atoms with van der Waals surface area (Å²) in [4.78, 5) is 11.5. The molecule has 0 unspecified atom stereocenters. The molecule has 0 saturated carbocycles. The van der Waals surface area contributed by atoms with E-state index in [-0.39, 0.29) is 5.97 Å². The molecule has 0 N–H and O–H groups in total. The molecule has 0 radical (unpaired) electrons. The van der Waals surface area contributed by atoms with Crippen molar-refractivity contribution in [1.82, 2.24) is 0 Å².